The molecule has 4 rings (SSSR count). The summed E-state index contributed by atoms with van der Waals surface area (Å²) in [5.41, 5.74) is 3.06. The molecular weight excluding hydrogens is 229 g/mol. The molecule has 0 radical (unpaired) electrons. The third kappa shape index (κ3) is 0.800. The number of piperidine rings is 1. The molecule has 2 saturated heterocycles. The lowest BCUT2D eigenvalue weighted by Crippen LogP contribution is -2.66. The number of hydrogen-bond acceptors (Lipinski definition) is 1. The monoisotopic (exact) mass is 239 g/mol. The van der Waals surface area contributed by atoms with Crippen molar-refractivity contribution in [2.24, 2.45) is 0 Å². The van der Waals surface area contributed by atoms with Crippen molar-refractivity contribution in [1.82, 2.24) is 4.90 Å². The van der Waals surface area contributed by atoms with Crippen LogP contribution in [-0.4, -0.2) is 10.4 Å². The van der Waals surface area contributed by atoms with Crippen LogP contribution in [0.5, 0.6) is 0 Å². The van der Waals surface area contributed by atoms with Crippen LogP contribution >= 0.6 is 23.2 Å². The van der Waals surface area contributed by atoms with Gasteiger partial charge in [0, 0.05) is 27.7 Å². The van der Waals surface area contributed by atoms with Crippen molar-refractivity contribution in [2.75, 3.05) is 0 Å². The predicted octanol–water partition coefficient (Wildman–Crippen LogP) is 3.96. The summed E-state index contributed by atoms with van der Waals surface area (Å²) in [6.45, 7) is 2.34. The number of nitrogens with zero attached hydrogens (tertiary/aromatic N) is 1. The van der Waals surface area contributed by atoms with E-state index in [0.29, 0.717) is 17.6 Å². The lowest BCUT2D eigenvalue weighted by molar-refractivity contribution is -0.177. The zero-order valence-electron chi connectivity index (χ0n) is 8.43. The Morgan fingerprint density at radius 3 is 2.00 bits per heavy atom. The molecule has 3 aliphatic heterocycles. The first-order valence-corrected chi connectivity index (χ1v) is 6.14. The van der Waals surface area contributed by atoms with E-state index in [1.807, 2.05) is 12.1 Å². The van der Waals surface area contributed by atoms with Gasteiger partial charge in [0.15, 0.2) is 0 Å². The SMILES string of the molecule is CC12CC3c4c(Cl)ccc(Cl)c4C(C1)N32. The highest BCUT2D eigenvalue weighted by Crippen LogP contribution is 2.70. The first-order chi connectivity index (χ1) is 7.12. The van der Waals surface area contributed by atoms with Crippen LogP contribution < -0.4 is 0 Å². The summed E-state index contributed by atoms with van der Waals surface area (Å²) in [6, 6.07) is 4.97. The lowest BCUT2D eigenvalue weighted by Gasteiger charge is -2.65. The van der Waals surface area contributed by atoms with E-state index >= 15 is 0 Å². The van der Waals surface area contributed by atoms with Crippen LogP contribution in [-0.2, 0) is 0 Å². The van der Waals surface area contributed by atoms with Gasteiger partial charge in [-0.1, -0.05) is 23.2 Å². The Morgan fingerprint density at radius 2 is 1.60 bits per heavy atom. The van der Waals surface area contributed by atoms with Gasteiger partial charge >= 0.3 is 0 Å². The summed E-state index contributed by atoms with van der Waals surface area (Å²) in [5.74, 6) is 0. The largest absolute Gasteiger partial charge is 0.284 e. The smallest absolute Gasteiger partial charge is 0.0458 e. The van der Waals surface area contributed by atoms with E-state index in [4.69, 9.17) is 23.2 Å². The summed E-state index contributed by atoms with van der Waals surface area (Å²) in [5, 5.41) is 1.80. The van der Waals surface area contributed by atoms with Gasteiger partial charge in [-0.3, -0.25) is 4.90 Å². The van der Waals surface area contributed by atoms with Gasteiger partial charge < -0.3 is 0 Å². The van der Waals surface area contributed by atoms with Crippen molar-refractivity contribution in [2.45, 2.75) is 37.4 Å². The minimum atomic E-state index is 0.445. The third-order valence-corrected chi connectivity index (χ3v) is 5.07. The van der Waals surface area contributed by atoms with E-state index in [2.05, 4.69) is 11.8 Å². The van der Waals surface area contributed by atoms with E-state index in [-0.39, 0.29) is 0 Å². The fourth-order valence-electron chi connectivity index (χ4n) is 3.81. The molecule has 0 amide bonds. The van der Waals surface area contributed by atoms with Crippen molar-refractivity contribution < 1.29 is 0 Å². The topological polar surface area (TPSA) is 3.24 Å². The summed E-state index contributed by atoms with van der Waals surface area (Å²) in [4.78, 5) is 2.58. The van der Waals surface area contributed by atoms with Gasteiger partial charge in [-0.25, -0.2) is 0 Å². The van der Waals surface area contributed by atoms with Gasteiger partial charge in [0.2, 0.25) is 0 Å². The second-order valence-electron chi connectivity index (χ2n) is 5.20. The molecule has 0 spiro atoms. The third-order valence-electron chi connectivity index (χ3n) is 4.41. The predicted molar refractivity (Wildman–Crippen MR) is 61.4 cm³/mol. The van der Waals surface area contributed by atoms with E-state index in [1.54, 1.807) is 0 Å². The maximum Gasteiger partial charge on any atom is 0.0458 e. The molecule has 0 bridgehead atoms. The number of benzene rings is 1. The second kappa shape index (κ2) is 2.37. The lowest BCUT2D eigenvalue weighted by atomic mass is 9.68. The molecule has 3 heterocycles. The zero-order chi connectivity index (χ0) is 10.4. The highest BCUT2D eigenvalue weighted by Gasteiger charge is 2.66. The van der Waals surface area contributed by atoms with Gasteiger partial charge in [-0.05, 0) is 43.0 Å². The molecule has 1 aromatic carbocycles. The molecule has 2 atom stereocenters. The molecule has 1 nitrogen and oxygen atoms in total. The van der Waals surface area contributed by atoms with Gasteiger partial charge in [0.25, 0.3) is 0 Å². The first-order valence-electron chi connectivity index (χ1n) is 5.38. The molecule has 0 aromatic heterocycles. The minimum absolute atomic E-state index is 0.445. The van der Waals surface area contributed by atoms with Crippen molar-refractivity contribution in [1.29, 1.82) is 0 Å². The molecule has 0 N–H and O–H groups in total. The van der Waals surface area contributed by atoms with Crippen LogP contribution in [0.1, 0.15) is 43.0 Å². The molecule has 2 fully saturated rings. The molecular formula is C12H11Cl2N. The van der Waals surface area contributed by atoms with Crippen LogP contribution in [0.15, 0.2) is 12.1 Å². The number of rotatable bonds is 0. The van der Waals surface area contributed by atoms with Crippen LogP contribution in [0.3, 0.4) is 0 Å². The quantitative estimate of drug-likeness (QED) is 0.663. The van der Waals surface area contributed by atoms with E-state index in [0.717, 1.165) is 10.0 Å². The zero-order valence-corrected chi connectivity index (χ0v) is 9.94. The molecule has 78 valence electrons. The number of fused-ring (bicyclic) bond motifs is 3. The molecule has 3 aliphatic rings. The highest BCUT2D eigenvalue weighted by molar-refractivity contribution is 6.34. The minimum Gasteiger partial charge on any atom is -0.284 e. The molecule has 0 aliphatic carbocycles. The van der Waals surface area contributed by atoms with Crippen molar-refractivity contribution in [3.8, 4) is 0 Å². The van der Waals surface area contributed by atoms with Gasteiger partial charge in [0.1, 0.15) is 0 Å². The van der Waals surface area contributed by atoms with Gasteiger partial charge in [-0.15, -0.1) is 0 Å². The van der Waals surface area contributed by atoms with Crippen LogP contribution in [0.25, 0.3) is 0 Å². The summed E-state index contributed by atoms with van der Waals surface area (Å²) in [6.07, 6.45) is 2.49. The van der Waals surface area contributed by atoms with Crippen LogP contribution in [0, 0.1) is 0 Å². The van der Waals surface area contributed by atoms with E-state index in [1.165, 1.54) is 24.0 Å². The van der Waals surface area contributed by atoms with Gasteiger partial charge in [0.05, 0.1) is 0 Å². The summed E-state index contributed by atoms with van der Waals surface area (Å²) >= 11 is 12.6. The number of halogens is 2. The molecule has 15 heavy (non-hydrogen) atoms. The average Bonchev–Trinajstić information content (AvgIpc) is 2.29. The molecule has 0 saturated carbocycles. The van der Waals surface area contributed by atoms with Crippen molar-refractivity contribution in [3.05, 3.63) is 33.3 Å². The maximum absolute atomic E-state index is 6.28. The fraction of sp³-hybridized carbons (Fsp3) is 0.500. The maximum atomic E-state index is 6.28. The van der Waals surface area contributed by atoms with Crippen LogP contribution in [0.4, 0.5) is 0 Å². The Bertz CT molecular complexity index is 444. The Morgan fingerprint density at radius 1 is 1.13 bits per heavy atom. The second-order valence-corrected chi connectivity index (χ2v) is 6.02. The first kappa shape index (κ1) is 8.86. The Kier molecular flexibility index (Phi) is 1.40. The van der Waals surface area contributed by atoms with E-state index < -0.39 is 0 Å². The number of hydrogen-bond donors (Lipinski definition) is 0. The van der Waals surface area contributed by atoms with Crippen LogP contribution in [0.2, 0.25) is 10.0 Å². The van der Waals surface area contributed by atoms with Crippen molar-refractivity contribution >= 4 is 23.2 Å². The standard InChI is InChI=1S/C12H11Cl2N/c1-12-4-8-10-6(13)2-3-7(14)11(10)9(5-12)15(8)12/h2-3,8-9H,4-5H2,1H3. The Hall–Kier alpha value is -0.240. The Balaban J connectivity index is 1.97. The fourth-order valence-corrected chi connectivity index (χ4v) is 4.39. The van der Waals surface area contributed by atoms with Gasteiger partial charge in [-0.2, -0.15) is 0 Å². The van der Waals surface area contributed by atoms with E-state index in [9.17, 15) is 0 Å². The highest BCUT2D eigenvalue weighted by atomic mass is 35.5. The Labute approximate surface area is 99.0 Å². The summed E-state index contributed by atoms with van der Waals surface area (Å²) in [7, 11) is 0. The average molecular weight is 240 g/mol. The summed E-state index contributed by atoms with van der Waals surface area (Å²) < 4.78 is 0. The molecule has 3 heteroatoms. The molecule has 1 aromatic rings. The van der Waals surface area contributed by atoms with Crippen molar-refractivity contribution in [3.63, 3.8) is 0 Å². The molecule has 2 unspecified atom stereocenters. The normalized spacial score (nSPS) is 40.5.